The van der Waals surface area contributed by atoms with Crippen LogP contribution in [-0.2, 0) is 0 Å². The van der Waals surface area contributed by atoms with Gasteiger partial charge in [-0.15, -0.1) is 0 Å². The fourth-order valence-electron chi connectivity index (χ4n) is 2.55. The number of rotatable bonds is 5. The standard InChI is InChI=1S/C20H19N3O/c1-2-23(18-11-7-4-8-12-18)19-13-16(14-21-15-19)20(24)22-17-9-5-3-6-10-17/h3-15H,2H2,1H3,(H,22,24). The minimum absolute atomic E-state index is 0.167. The Hall–Kier alpha value is -3.14. The van der Waals surface area contributed by atoms with Crippen LogP contribution in [0.3, 0.4) is 0 Å². The first-order valence-corrected chi connectivity index (χ1v) is 7.92. The van der Waals surface area contributed by atoms with E-state index in [1.165, 1.54) is 0 Å². The summed E-state index contributed by atoms with van der Waals surface area (Å²) in [5.41, 5.74) is 3.26. The molecule has 3 rings (SSSR count). The molecular formula is C20H19N3O. The Morgan fingerprint density at radius 2 is 1.62 bits per heavy atom. The van der Waals surface area contributed by atoms with Gasteiger partial charge in [0.2, 0.25) is 0 Å². The first kappa shape index (κ1) is 15.7. The highest BCUT2D eigenvalue weighted by molar-refractivity contribution is 6.04. The molecule has 0 aliphatic heterocycles. The number of nitrogens with zero attached hydrogens (tertiary/aromatic N) is 2. The van der Waals surface area contributed by atoms with Gasteiger partial charge in [0, 0.05) is 24.1 Å². The number of benzene rings is 2. The van der Waals surface area contributed by atoms with Gasteiger partial charge in [-0.1, -0.05) is 36.4 Å². The number of anilines is 3. The average molecular weight is 317 g/mol. The van der Waals surface area contributed by atoms with Crippen LogP contribution in [0.25, 0.3) is 0 Å². The molecule has 0 fully saturated rings. The second kappa shape index (κ2) is 7.42. The third-order valence-corrected chi connectivity index (χ3v) is 3.71. The van der Waals surface area contributed by atoms with Gasteiger partial charge in [-0.2, -0.15) is 0 Å². The topological polar surface area (TPSA) is 45.2 Å². The number of aromatic nitrogens is 1. The first-order valence-electron chi connectivity index (χ1n) is 7.92. The lowest BCUT2D eigenvalue weighted by molar-refractivity contribution is 0.102. The zero-order valence-electron chi connectivity index (χ0n) is 13.5. The summed E-state index contributed by atoms with van der Waals surface area (Å²) in [7, 11) is 0. The van der Waals surface area contributed by atoms with Gasteiger partial charge in [0.25, 0.3) is 5.91 Å². The Morgan fingerprint density at radius 1 is 0.958 bits per heavy atom. The van der Waals surface area contributed by atoms with E-state index in [4.69, 9.17) is 0 Å². The summed E-state index contributed by atoms with van der Waals surface area (Å²) in [6.07, 6.45) is 3.36. The zero-order valence-corrected chi connectivity index (χ0v) is 13.5. The highest BCUT2D eigenvalue weighted by Gasteiger charge is 2.12. The van der Waals surface area contributed by atoms with E-state index < -0.39 is 0 Å². The van der Waals surface area contributed by atoms with Crippen LogP contribution in [0.1, 0.15) is 17.3 Å². The summed E-state index contributed by atoms with van der Waals surface area (Å²) in [4.78, 5) is 18.8. The van der Waals surface area contributed by atoms with Crippen molar-refractivity contribution in [2.45, 2.75) is 6.92 Å². The summed E-state index contributed by atoms with van der Waals surface area (Å²) < 4.78 is 0. The fourth-order valence-corrected chi connectivity index (χ4v) is 2.55. The average Bonchev–Trinajstić information content (AvgIpc) is 2.64. The van der Waals surface area contributed by atoms with Crippen LogP contribution in [0.4, 0.5) is 17.1 Å². The Labute approximate surface area is 141 Å². The molecule has 0 spiro atoms. The minimum atomic E-state index is -0.167. The van der Waals surface area contributed by atoms with E-state index >= 15 is 0 Å². The monoisotopic (exact) mass is 317 g/mol. The molecule has 0 aliphatic rings. The molecule has 3 aromatic rings. The van der Waals surface area contributed by atoms with Crippen molar-refractivity contribution in [1.29, 1.82) is 0 Å². The predicted molar refractivity (Wildman–Crippen MR) is 97.8 cm³/mol. The van der Waals surface area contributed by atoms with Crippen molar-refractivity contribution in [2.75, 3.05) is 16.8 Å². The van der Waals surface area contributed by atoms with Gasteiger partial charge in [0.15, 0.2) is 0 Å². The number of pyridine rings is 1. The van der Waals surface area contributed by atoms with Crippen molar-refractivity contribution in [3.8, 4) is 0 Å². The Kier molecular flexibility index (Phi) is 4.87. The molecule has 4 heteroatoms. The predicted octanol–water partition coefficient (Wildman–Crippen LogP) is 4.49. The molecule has 0 unspecified atom stereocenters. The third kappa shape index (κ3) is 3.60. The van der Waals surface area contributed by atoms with Gasteiger partial charge in [0.1, 0.15) is 0 Å². The van der Waals surface area contributed by atoms with E-state index in [1.54, 1.807) is 12.4 Å². The lowest BCUT2D eigenvalue weighted by atomic mass is 10.2. The van der Waals surface area contributed by atoms with Crippen LogP contribution in [0.15, 0.2) is 79.1 Å². The van der Waals surface area contributed by atoms with E-state index in [1.807, 2.05) is 66.7 Å². The first-order chi connectivity index (χ1) is 11.8. The summed E-state index contributed by atoms with van der Waals surface area (Å²) in [5.74, 6) is -0.167. The van der Waals surface area contributed by atoms with Crippen LogP contribution in [0.2, 0.25) is 0 Å². The number of carbonyl (C=O) groups excluding carboxylic acids is 1. The maximum atomic E-state index is 12.4. The van der Waals surface area contributed by atoms with Crippen molar-refractivity contribution in [3.05, 3.63) is 84.7 Å². The molecule has 0 aliphatic carbocycles. The molecule has 2 aromatic carbocycles. The summed E-state index contributed by atoms with van der Waals surface area (Å²) in [6.45, 7) is 2.86. The van der Waals surface area contributed by atoms with Crippen LogP contribution in [-0.4, -0.2) is 17.4 Å². The molecule has 1 amide bonds. The quantitative estimate of drug-likeness (QED) is 0.754. The highest BCUT2D eigenvalue weighted by Crippen LogP contribution is 2.25. The van der Waals surface area contributed by atoms with Gasteiger partial charge in [-0.05, 0) is 37.3 Å². The number of nitrogens with one attached hydrogen (secondary N) is 1. The third-order valence-electron chi connectivity index (χ3n) is 3.71. The molecule has 0 saturated carbocycles. The second-order valence-electron chi connectivity index (χ2n) is 5.33. The zero-order chi connectivity index (χ0) is 16.8. The van der Waals surface area contributed by atoms with Crippen molar-refractivity contribution in [2.24, 2.45) is 0 Å². The lowest BCUT2D eigenvalue weighted by Gasteiger charge is -2.23. The fraction of sp³-hybridized carbons (Fsp3) is 0.100. The molecule has 0 radical (unpaired) electrons. The Balaban J connectivity index is 1.84. The summed E-state index contributed by atoms with van der Waals surface area (Å²) in [6, 6.07) is 21.3. The molecule has 1 heterocycles. The normalized spacial score (nSPS) is 10.2. The highest BCUT2D eigenvalue weighted by atomic mass is 16.1. The number of amides is 1. The van der Waals surface area contributed by atoms with E-state index in [0.717, 1.165) is 23.6 Å². The molecule has 1 N–H and O–H groups in total. The van der Waals surface area contributed by atoms with E-state index in [-0.39, 0.29) is 5.91 Å². The van der Waals surface area contributed by atoms with E-state index in [0.29, 0.717) is 5.56 Å². The smallest absolute Gasteiger partial charge is 0.257 e. The van der Waals surface area contributed by atoms with Gasteiger partial charge >= 0.3 is 0 Å². The number of hydrogen-bond donors (Lipinski definition) is 1. The largest absolute Gasteiger partial charge is 0.340 e. The second-order valence-corrected chi connectivity index (χ2v) is 5.33. The van der Waals surface area contributed by atoms with Crippen LogP contribution >= 0.6 is 0 Å². The summed E-state index contributed by atoms with van der Waals surface area (Å²) in [5, 5.41) is 2.88. The van der Waals surface area contributed by atoms with E-state index in [2.05, 4.69) is 22.1 Å². The Bertz CT molecular complexity index is 803. The van der Waals surface area contributed by atoms with Crippen molar-refractivity contribution >= 4 is 23.0 Å². The van der Waals surface area contributed by atoms with E-state index in [9.17, 15) is 4.79 Å². The summed E-state index contributed by atoms with van der Waals surface area (Å²) >= 11 is 0. The SMILES string of the molecule is CCN(c1ccccc1)c1cncc(C(=O)Nc2ccccc2)c1. The molecule has 0 bridgehead atoms. The van der Waals surface area contributed by atoms with Crippen molar-refractivity contribution < 1.29 is 4.79 Å². The van der Waals surface area contributed by atoms with Gasteiger partial charge in [0.05, 0.1) is 17.4 Å². The van der Waals surface area contributed by atoms with Crippen molar-refractivity contribution in [1.82, 2.24) is 4.98 Å². The maximum absolute atomic E-state index is 12.4. The lowest BCUT2D eigenvalue weighted by Crippen LogP contribution is -2.18. The van der Waals surface area contributed by atoms with Crippen LogP contribution in [0, 0.1) is 0 Å². The molecule has 4 nitrogen and oxygen atoms in total. The molecule has 1 aromatic heterocycles. The van der Waals surface area contributed by atoms with Crippen LogP contribution < -0.4 is 10.2 Å². The van der Waals surface area contributed by atoms with Gasteiger partial charge < -0.3 is 10.2 Å². The van der Waals surface area contributed by atoms with Crippen molar-refractivity contribution in [3.63, 3.8) is 0 Å². The number of carbonyl (C=O) groups is 1. The van der Waals surface area contributed by atoms with Gasteiger partial charge in [-0.3, -0.25) is 9.78 Å². The molecule has 0 saturated heterocycles. The minimum Gasteiger partial charge on any atom is -0.340 e. The van der Waals surface area contributed by atoms with Crippen LogP contribution in [0.5, 0.6) is 0 Å². The molecule has 120 valence electrons. The van der Waals surface area contributed by atoms with Gasteiger partial charge in [-0.25, -0.2) is 0 Å². The number of para-hydroxylation sites is 2. The maximum Gasteiger partial charge on any atom is 0.257 e. The number of hydrogen-bond acceptors (Lipinski definition) is 3. The Morgan fingerprint density at radius 3 is 2.29 bits per heavy atom. The molecule has 0 atom stereocenters. The molecular weight excluding hydrogens is 298 g/mol. The molecule has 24 heavy (non-hydrogen) atoms.